The van der Waals surface area contributed by atoms with Gasteiger partial charge >= 0.3 is 0 Å². The Hall–Kier alpha value is -2.65. The molecule has 1 aromatic heterocycles. The molecular weight excluding hydrogens is 498 g/mol. The fourth-order valence-electron chi connectivity index (χ4n) is 3.00. The third-order valence-electron chi connectivity index (χ3n) is 6.06. The third kappa shape index (κ3) is 7.41. The Balaban J connectivity index is 1.56. The lowest BCUT2D eigenvalue weighted by Gasteiger charge is -2.36. The van der Waals surface area contributed by atoms with Crippen molar-refractivity contribution in [1.82, 2.24) is 0 Å². The lowest BCUT2D eigenvalue weighted by atomic mass is 10.1. The van der Waals surface area contributed by atoms with Crippen LogP contribution in [0.4, 0.5) is 17.1 Å². The normalized spacial score (nSPS) is 11.7. The van der Waals surface area contributed by atoms with Gasteiger partial charge in [-0.25, -0.2) is 0 Å². The van der Waals surface area contributed by atoms with Gasteiger partial charge in [0.05, 0.1) is 27.1 Å². The van der Waals surface area contributed by atoms with Crippen LogP contribution in [-0.2, 0) is 4.43 Å². The minimum absolute atomic E-state index is 0.186. The summed E-state index contributed by atoms with van der Waals surface area (Å²) >= 11 is 7.11. The maximum atomic E-state index is 12.9. The Morgan fingerprint density at radius 3 is 2.20 bits per heavy atom. The van der Waals surface area contributed by atoms with Gasteiger partial charge in [0, 0.05) is 17.9 Å². The van der Waals surface area contributed by atoms with Gasteiger partial charge in [0.1, 0.15) is 0 Å². The number of para-hydroxylation sites is 1. The number of amides is 2. The topological polar surface area (TPSA) is 79.5 Å². The van der Waals surface area contributed by atoms with Crippen molar-refractivity contribution in [3.05, 3.63) is 75.4 Å². The van der Waals surface area contributed by atoms with E-state index in [2.05, 4.69) is 49.8 Å². The smallest absolute Gasteiger partial charge is 0.265 e. The van der Waals surface area contributed by atoms with Crippen molar-refractivity contribution in [3.8, 4) is 0 Å². The molecule has 0 radical (unpaired) electrons. The van der Waals surface area contributed by atoms with Crippen LogP contribution in [0, 0.1) is 0 Å². The summed E-state index contributed by atoms with van der Waals surface area (Å²) in [6, 6.07) is 17.7. The van der Waals surface area contributed by atoms with Crippen LogP contribution in [0.15, 0.2) is 60.7 Å². The number of thiophene rings is 1. The van der Waals surface area contributed by atoms with Crippen molar-refractivity contribution in [2.75, 3.05) is 29.1 Å². The lowest BCUT2D eigenvalue weighted by Crippen LogP contribution is -2.41. The number of hydrogen-bond donors (Lipinski definition) is 3. The minimum atomic E-state index is -1.76. The zero-order valence-corrected chi connectivity index (χ0v) is 23.3. The van der Waals surface area contributed by atoms with E-state index < -0.39 is 8.32 Å². The Morgan fingerprint density at radius 1 is 0.914 bits per heavy atom. The fourth-order valence-corrected chi connectivity index (χ4v) is 4.98. The molecule has 2 amide bonds. The van der Waals surface area contributed by atoms with E-state index in [1.54, 1.807) is 36.4 Å². The van der Waals surface area contributed by atoms with Gasteiger partial charge in [0.15, 0.2) is 8.32 Å². The Morgan fingerprint density at radius 2 is 1.57 bits per heavy atom. The van der Waals surface area contributed by atoms with E-state index in [0.717, 1.165) is 5.69 Å². The summed E-state index contributed by atoms with van der Waals surface area (Å²) in [6.45, 7) is 12.5. The van der Waals surface area contributed by atoms with Crippen molar-refractivity contribution in [3.63, 3.8) is 0 Å². The van der Waals surface area contributed by atoms with Crippen LogP contribution >= 0.6 is 22.9 Å². The molecule has 0 unspecified atom stereocenters. The van der Waals surface area contributed by atoms with E-state index in [9.17, 15) is 9.59 Å². The summed E-state index contributed by atoms with van der Waals surface area (Å²) in [4.78, 5) is 25.9. The number of rotatable bonds is 9. The van der Waals surface area contributed by atoms with Crippen molar-refractivity contribution < 1.29 is 14.0 Å². The highest BCUT2D eigenvalue weighted by atomic mass is 35.5. The lowest BCUT2D eigenvalue weighted by molar-refractivity contribution is 0.102. The van der Waals surface area contributed by atoms with E-state index in [1.165, 1.54) is 11.3 Å². The first-order valence-electron chi connectivity index (χ1n) is 11.4. The van der Waals surface area contributed by atoms with Gasteiger partial charge in [-0.2, -0.15) is 0 Å². The zero-order chi connectivity index (χ0) is 25.6. The van der Waals surface area contributed by atoms with E-state index in [1.807, 2.05) is 24.3 Å². The predicted octanol–water partition coefficient (Wildman–Crippen LogP) is 7.34. The maximum absolute atomic E-state index is 12.9. The van der Waals surface area contributed by atoms with Crippen LogP contribution in [0.2, 0.25) is 22.5 Å². The summed E-state index contributed by atoms with van der Waals surface area (Å²) in [5, 5.41) is 9.23. The molecule has 0 aliphatic rings. The van der Waals surface area contributed by atoms with Gasteiger partial charge in [-0.15, -0.1) is 11.3 Å². The molecule has 3 N–H and O–H groups in total. The van der Waals surface area contributed by atoms with Crippen LogP contribution in [0.3, 0.4) is 0 Å². The summed E-state index contributed by atoms with van der Waals surface area (Å²) in [6.07, 6.45) is 0. The molecule has 186 valence electrons. The average Bonchev–Trinajstić information content (AvgIpc) is 3.24. The van der Waals surface area contributed by atoms with Crippen molar-refractivity contribution in [2.45, 2.75) is 38.9 Å². The molecule has 3 aromatic rings. The quantitative estimate of drug-likeness (QED) is 0.200. The number of carbonyl (C=O) groups is 2. The summed E-state index contributed by atoms with van der Waals surface area (Å²) in [7, 11) is -1.76. The molecule has 0 fully saturated rings. The molecule has 3 rings (SSSR count). The van der Waals surface area contributed by atoms with Gasteiger partial charge in [-0.1, -0.05) is 44.5 Å². The van der Waals surface area contributed by atoms with Crippen LogP contribution in [0.1, 0.15) is 40.8 Å². The second-order valence-electron chi connectivity index (χ2n) is 9.67. The summed E-state index contributed by atoms with van der Waals surface area (Å²) < 4.78 is 6.72. The van der Waals surface area contributed by atoms with Gasteiger partial charge in [-0.05, 0) is 66.7 Å². The SMILES string of the molecule is CC(C)(C)[Si](C)(C)OCCNc1ccc(NC(=O)c2ccccc2NC(=O)c2ccc(Cl)s2)cc1. The van der Waals surface area contributed by atoms with E-state index in [-0.39, 0.29) is 16.9 Å². The van der Waals surface area contributed by atoms with Crippen molar-refractivity contribution >= 4 is 60.1 Å². The molecule has 0 saturated heterocycles. The molecule has 0 saturated carbocycles. The molecule has 0 bridgehead atoms. The second-order valence-corrected chi connectivity index (χ2v) is 16.2. The summed E-state index contributed by atoms with van der Waals surface area (Å²) in [5.41, 5.74) is 2.40. The van der Waals surface area contributed by atoms with Crippen LogP contribution in [-0.4, -0.2) is 33.3 Å². The number of anilines is 3. The molecule has 2 aromatic carbocycles. The standard InChI is InChI=1S/C26H32ClN3O3SSi/c1-26(2,3)35(4,5)33-17-16-28-18-10-12-19(13-11-18)29-24(31)20-8-6-7-9-21(20)30-25(32)22-14-15-23(27)34-22/h6-15,28H,16-17H2,1-5H3,(H,29,31)(H,30,32). The highest BCUT2D eigenvalue weighted by molar-refractivity contribution is 7.18. The second kappa shape index (κ2) is 11.4. The fraction of sp³-hybridized carbons (Fsp3) is 0.308. The largest absolute Gasteiger partial charge is 0.415 e. The number of carbonyl (C=O) groups excluding carboxylic acids is 2. The predicted molar refractivity (Wildman–Crippen MR) is 150 cm³/mol. The maximum Gasteiger partial charge on any atom is 0.265 e. The zero-order valence-electron chi connectivity index (χ0n) is 20.7. The minimum Gasteiger partial charge on any atom is -0.415 e. The first-order chi connectivity index (χ1) is 16.5. The molecular formula is C26H32ClN3O3SSi. The van der Waals surface area contributed by atoms with Gasteiger partial charge < -0.3 is 20.4 Å². The van der Waals surface area contributed by atoms with Crippen molar-refractivity contribution in [2.24, 2.45) is 0 Å². The molecule has 0 aliphatic heterocycles. The first-order valence-corrected chi connectivity index (χ1v) is 15.5. The molecule has 35 heavy (non-hydrogen) atoms. The molecule has 0 spiro atoms. The van der Waals surface area contributed by atoms with E-state index in [0.29, 0.717) is 39.3 Å². The highest BCUT2D eigenvalue weighted by Crippen LogP contribution is 2.36. The summed E-state index contributed by atoms with van der Waals surface area (Å²) in [5.74, 6) is -0.622. The average molecular weight is 530 g/mol. The van der Waals surface area contributed by atoms with E-state index >= 15 is 0 Å². The van der Waals surface area contributed by atoms with Crippen LogP contribution in [0.25, 0.3) is 0 Å². The number of hydrogen-bond acceptors (Lipinski definition) is 5. The van der Waals surface area contributed by atoms with Crippen LogP contribution < -0.4 is 16.0 Å². The van der Waals surface area contributed by atoms with Gasteiger partial charge in [0.2, 0.25) is 0 Å². The molecule has 0 atom stereocenters. The number of nitrogens with one attached hydrogen (secondary N) is 3. The first kappa shape index (κ1) is 26.9. The molecule has 6 nitrogen and oxygen atoms in total. The van der Waals surface area contributed by atoms with Gasteiger partial charge in [0.25, 0.3) is 11.8 Å². The van der Waals surface area contributed by atoms with Crippen LogP contribution in [0.5, 0.6) is 0 Å². The van der Waals surface area contributed by atoms with Crippen molar-refractivity contribution in [1.29, 1.82) is 0 Å². The Bertz CT molecular complexity index is 1170. The Kier molecular flexibility index (Phi) is 8.77. The molecule has 0 aliphatic carbocycles. The number of halogens is 1. The third-order valence-corrected chi connectivity index (χ3v) is 11.8. The van der Waals surface area contributed by atoms with E-state index in [4.69, 9.17) is 16.0 Å². The molecule has 1 heterocycles. The molecule has 9 heteroatoms. The van der Waals surface area contributed by atoms with Gasteiger partial charge in [-0.3, -0.25) is 9.59 Å². The Labute approximate surface area is 217 Å². The monoisotopic (exact) mass is 529 g/mol. The highest BCUT2D eigenvalue weighted by Gasteiger charge is 2.36. The number of benzene rings is 2.